The van der Waals surface area contributed by atoms with Crippen LogP contribution < -0.4 is 10.1 Å². The highest BCUT2D eigenvalue weighted by Gasteiger charge is 2.33. The Bertz CT molecular complexity index is 695. The number of benzene rings is 1. The van der Waals surface area contributed by atoms with Gasteiger partial charge in [0.25, 0.3) is 0 Å². The molecule has 1 fully saturated rings. The van der Waals surface area contributed by atoms with Crippen molar-refractivity contribution in [2.24, 2.45) is 0 Å². The lowest BCUT2D eigenvalue weighted by molar-refractivity contribution is 0.138. The van der Waals surface area contributed by atoms with Gasteiger partial charge in [-0.15, -0.1) is 0 Å². The van der Waals surface area contributed by atoms with Gasteiger partial charge in [-0.2, -0.15) is 0 Å². The van der Waals surface area contributed by atoms with Crippen LogP contribution in [0.1, 0.15) is 50.5 Å². The predicted octanol–water partition coefficient (Wildman–Crippen LogP) is 3.96. The Balaban J connectivity index is 1.78. The van der Waals surface area contributed by atoms with E-state index >= 15 is 0 Å². The fraction of sp³-hybridized carbons (Fsp3) is 0.556. The molecule has 0 amide bonds. The molecule has 0 bridgehead atoms. The SMILES string of the molecule is CCc1c(CNC2CC2)oc2c3c(ccc12)CC(C)(C)O3. The highest BCUT2D eigenvalue weighted by atomic mass is 16.5. The maximum atomic E-state index is 6.22. The summed E-state index contributed by atoms with van der Waals surface area (Å²) >= 11 is 0. The molecule has 1 N–H and O–H groups in total. The van der Waals surface area contributed by atoms with Crippen LogP contribution in [0.2, 0.25) is 0 Å². The van der Waals surface area contributed by atoms with Crippen molar-refractivity contribution >= 4 is 11.0 Å². The first-order valence-electron chi connectivity index (χ1n) is 8.06. The second-order valence-corrected chi connectivity index (χ2v) is 6.98. The van der Waals surface area contributed by atoms with Crippen LogP contribution in [-0.4, -0.2) is 11.6 Å². The Labute approximate surface area is 125 Å². The van der Waals surface area contributed by atoms with E-state index in [0.29, 0.717) is 6.04 Å². The summed E-state index contributed by atoms with van der Waals surface area (Å²) in [6.07, 6.45) is 4.55. The van der Waals surface area contributed by atoms with Gasteiger partial charge in [-0.25, -0.2) is 0 Å². The minimum absolute atomic E-state index is 0.123. The number of hydrogen-bond acceptors (Lipinski definition) is 3. The van der Waals surface area contributed by atoms with Gasteiger partial charge < -0.3 is 14.5 Å². The molecule has 3 nitrogen and oxygen atoms in total. The number of rotatable bonds is 4. The number of aryl methyl sites for hydroxylation is 1. The average Bonchev–Trinajstić information content (AvgIpc) is 3.10. The van der Waals surface area contributed by atoms with E-state index in [1.807, 2.05) is 0 Å². The van der Waals surface area contributed by atoms with E-state index in [4.69, 9.17) is 9.15 Å². The molecule has 0 radical (unpaired) electrons. The quantitative estimate of drug-likeness (QED) is 0.923. The van der Waals surface area contributed by atoms with Crippen LogP contribution in [0, 0.1) is 0 Å². The molecule has 0 atom stereocenters. The predicted molar refractivity (Wildman–Crippen MR) is 83.9 cm³/mol. The van der Waals surface area contributed by atoms with E-state index in [2.05, 4.69) is 38.2 Å². The van der Waals surface area contributed by atoms with Crippen LogP contribution in [0.5, 0.6) is 5.75 Å². The molecule has 112 valence electrons. The van der Waals surface area contributed by atoms with Crippen LogP contribution in [-0.2, 0) is 19.4 Å². The third-order valence-electron chi connectivity index (χ3n) is 4.56. The minimum Gasteiger partial charge on any atom is -0.483 e. The minimum atomic E-state index is -0.123. The van der Waals surface area contributed by atoms with Gasteiger partial charge >= 0.3 is 0 Å². The van der Waals surface area contributed by atoms with Crippen LogP contribution in [0.3, 0.4) is 0 Å². The highest BCUT2D eigenvalue weighted by molar-refractivity contribution is 5.89. The zero-order valence-corrected chi connectivity index (χ0v) is 13.1. The fourth-order valence-corrected chi connectivity index (χ4v) is 3.35. The summed E-state index contributed by atoms with van der Waals surface area (Å²) < 4.78 is 12.4. The molecular weight excluding hydrogens is 262 g/mol. The lowest BCUT2D eigenvalue weighted by atomic mass is 10.00. The molecule has 1 aromatic carbocycles. The summed E-state index contributed by atoms with van der Waals surface area (Å²) in [5.74, 6) is 2.05. The molecule has 3 heteroatoms. The van der Waals surface area contributed by atoms with Gasteiger partial charge in [0.05, 0.1) is 6.54 Å². The number of nitrogens with one attached hydrogen (secondary N) is 1. The molecule has 1 aliphatic carbocycles. The second-order valence-electron chi connectivity index (χ2n) is 6.98. The van der Waals surface area contributed by atoms with E-state index in [9.17, 15) is 0 Å². The Kier molecular flexibility index (Phi) is 2.83. The molecule has 1 aromatic heterocycles. The van der Waals surface area contributed by atoms with Crippen molar-refractivity contribution in [3.8, 4) is 5.75 Å². The van der Waals surface area contributed by atoms with E-state index < -0.39 is 0 Å². The lowest BCUT2D eigenvalue weighted by Crippen LogP contribution is -2.24. The largest absolute Gasteiger partial charge is 0.483 e. The van der Waals surface area contributed by atoms with Crippen molar-refractivity contribution in [2.45, 2.75) is 64.6 Å². The summed E-state index contributed by atoms with van der Waals surface area (Å²) in [5, 5.41) is 4.78. The molecule has 2 aromatic rings. The van der Waals surface area contributed by atoms with Gasteiger partial charge in [-0.3, -0.25) is 0 Å². The molecule has 2 aliphatic rings. The number of furan rings is 1. The van der Waals surface area contributed by atoms with E-state index in [1.54, 1.807) is 0 Å². The van der Waals surface area contributed by atoms with Gasteiger partial charge in [0.2, 0.25) is 0 Å². The fourth-order valence-electron chi connectivity index (χ4n) is 3.35. The summed E-state index contributed by atoms with van der Waals surface area (Å²) in [4.78, 5) is 0. The number of ether oxygens (including phenoxy) is 1. The molecule has 2 heterocycles. The normalized spacial score (nSPS) is 19.8. The van der Waals surface area contributed by atoms with Crippen LogP contribution >= 0.6 is 0 Å². The summed E-state index contributed by atoms with van der Waals surface area (Å²) in [6.45, 7) is 7.31. The summed E-state index contributed by atoms with van der Waals surface area (Å²) in [6, 6.07) is 5.12. The topological polar surface area (TPSA) is 34.4 Å². The van der Waals surface area contributed by atoms with Crippen molar-refractivity contribution in [3.63, 3.8) is 0 Å². The zero-order chi connectivity index (χ0) is 14.6. The number of hydrogen-bond donors (Lipinski definition) is 1. The van der Waals surface area contributed by atoms with Gasteiger partial charge in [0.1, 0.15) is 11.4 Å². The molecule has 0 saturated heterocycles. The molecule has 4 rings (SSSR count). The average molecular weight is 285 g/mol. The second kappa shape index (κ2) is 4.51. The Hall–Kier alpha value is -1.48. The van der Waals surface area contributed by atoms with Crippen LogP contribution in [0.4, 0.5) is 0 Å². The smallest absolute Gasteiger partial charge is 0.176 e. The van der Waals surface area contributed by atoms with Crippen LogP contribution in [0.25, 0.3) is 11.0 Å². The Morgan fingerprint density at radius 2 is 2.10 bits per heavy atom. The van der Waals surface area contributed by atoms with E-state index in [1.165, 1.54) is 29.4 Å². The maximum absolute atomic E-state index is 6.22. The molecule has 0 unspecified atom stereocenters. The first-order valence-corrected chi connectivity index (χ1v) is 8.06. The first kappa shape index (κ1) is 13.2. The van der Waals surface area contributed by atoms with E-state index in [0.717, 1.165) is 36.5 Å². The van der Waals surface area contributed by atoms with Gasteiger partial charge in [-0.05, 0) is 33.1 Å². The van der Waals surface area contributed by atoms with Crippen molar-refractivity contribution < 1.29 is 9.15 Å². The molecule has 1 saturated carbocycles. The highest BCUT2D eigenvalue weighted by Crippen LogP contribution is 2.43. The third kappa shape index (κ3) is 2.24. The monoisotopic (exact) mass is 285 g/mol. The van der Waals surface area contributed by atoms with Crippen LogP contribution in [0.15, 0.2) is 16.5 Å². The molecule has 1 aliphatic heterocycles. The molecule has 0 spiro atoms. The molecular formula is C18H23NO2. The van der Waals surface area contributed by atoms with Gasteiger partial charge in [0, 0.05) is 29.0 Å². The zero-order valence-electron chi connectivity index (χ0n) is 13.1. The first-order chi connectivity index (χ1) is 10.1. The van der Waals surface area contributed by atoms with Gasteiger partial charge in [0.15, 0.2) is 11.3 Å². The van der Waals surface area contributed by atoms with Gasteiger partial charge in [-0.1, -0.05) is 19.1 Å². The third-order valence-corrected chi connectivity index (χ3v) is 4.56. The van der Waals surface area contributed by atoms with Crippen molar-refractivity contribution in [1.82, 2.24) is 5.32 Å². The molecule has 21 heavy (non-hydrogen) atoms. The Morgan fingerprint density at radius 1 is 1.29 bits per heavy atom. The van der Waals surface area contributed by atoms with E-state index in [-0.39, 0.29) is 5.60 Å². The Morgan fingerprint density at radius 3 is 2.81 bits per heavy atom. The van der Waals surface area contributed by atoms with Crippen molar-refractivity contribution in [1.29, 1.82) is 0 Å². The lowest BCUT2D eigenvalue weighted by Gasteiger charge is -2.16. The summed E-state index contributed by atoms with van der Waals surface area (Å²) in [5.41, 5.74) is 3.42. The summed E-state index contributed by atoms with van der Waals surface area (Å²) in [7, 11) is 0. The van der Waals surface area contributed by atoms with Crippen molar-refractivity contribution in [3.05, 3.63) is 29.0 Å². The standard InChI is InChI=1S/C18H23NO2/c1-4-13-14-8-5-11-9-18(2,3)21-16(11)17(14)20-15(13)10-19-12-6-7-12/h5,8,12,19H,4,6-7,9-10H2,1-3H3. The van der Waals surface area contributed by atoms with Crippen molar-refractivity contribution in [2.75, 3.05) is 0 Å². The maximum Gasteiger partial charge on any atom is 0.176 e. The number of fused-ring (bicyclic) bond motifs is 3.